The molecule has 17 heavy (non-hydrogen) atoms. The lowest BCUT2D eigenvalue weighted by atomic mass is 10.1. The van der Waals surface area contributed by atoms with E-state index in [1.54, 1.807) is 12.3 Å². The second-order valence-electron chi connectivity index (χ2n) is 4.03. The van der Waals surface area contributed by atoms with Gasteiger partial charge >= 0.3 is 0 Å². The molecule has 1 atom stereocenters. The molecular weight excluding hydrogens is 217 g/mol. The van der Waals surface area contributed by atoms with E-state index in [9.17, 15) is 4.39 Å². The molecule has 2 rings (SSSR count). The summed E-state index contributed by atoms with van der Waals surface area (Å²) in [6, 6.07) is 9.01. The van der Waals surface area contributed by atoms with Gasteiger partial charge in [-0.05, 0) is 37.6 Å². The number of rotatable bonds is 5. The first kappa shape index (κ1) is 11.8. The van der Waals surface area contributed by atoms with Gasteiger partial charge in [-0.1, -0.05) is 18.2 Å². The fourth-order valence-electron chi connectivity index (χ4n) is 1.74. The average molecular weight is 233 g/mol. The first-order chi connectivity index (χ1) is 8.27. The van der Waals surface area contributed by atoms with E-state index in [-0.39, 0.29) is 11.9 Å². The lowest BCUT2D eigenvalue weighted by Crippen LogP contribution is -2.21. The summed E-state index contributed by atoms with van der Waals surface area (Å²) >= 11 is 0. The predicted octanol–water partition coefficient (Wildman–Crippen LogP) is 2.44. The molecule has 0 radical (unpaired) electrons. The number of H-pyrrole nitrogens is 1. The molecule has 0 aliphatic heterocycles. The first-order valence-electron chi connectivity index (χ1n) is 5.73. The Kier molecular flexibility index (Phi) is 3.88. The number of benzene rings is 1. The van der Waals surface area contributed by atoms with Crippen LogP contribution in [0, 0.1) is 5.82 Å². The molecule has 2 N–H and O–H groups in total. The lowest BCUT2D eigenvalue weighted by molar-refractivity contribution is 0.549. The Bertz CT molecular complexity index is 453. The van der Waals surface area contributed by atoms with Crippen LogP contribution in [-0.2, 0) is 6.42 Å². The van der Waals surface area contributed by atoms with Crippen LogP contribution in [0.15, 0.2) is 36.5 Å². The fourth-order valence-corrected chi connectivity index (χ4v) is 1.74. The van der Waals surface area contributed by atoms with Gasteiger partial charge in [-0.15, -0.1) is 0 Å². The Labute approximate surface area is 100 Å². The van der Waals surface area contributed by atoms with Crippen LogP contribution in [0.3, 0.4) is 0 Å². The Morgan fingerprint density at radius 1 is 1.35 bits per heavy atom. The quantitative estimate of drug-likeness (QED) is 0.832. The second-order valence-corrected chi connectivity index (χ2v) is 4.03. The molecule has 0 amide bonds. The molecule has 0 saturated heterocycles. The third-order valence-electron chi connectivity index (χ3n) is 2.79. The van der Waals surface area contributed by atoms with Crippen LogP contribution in [0.1, 0.15) is 24.2 Å². The van der Waals surface area contributed by atoms with Gasteiger partial charge in [0.25, 0.3) is 0 Å². The van der Waals surface area contributed by atoms with Crippen molar-refractivity contribution in [2.24, 2.45) is 0 Å². The lowest BCUT2D eigenvalue weighted by Gasteiger charge is -2.11. The fraction of sp³-hybridized carbons (Fsp3) is 0.308. The van der Waals surface area contributed by atoms with Gasteiger partial charge in [-0.25, -0.2) is 4.39 Å². The topological polar surface area (TPSA) is 40.7 Å². The Morgan fingerprint density at radius 2 is 2.18 bits per heavy atom. The van der Waals surface area contributed by atoms with E-state index in [1.165, 1.54) is 6.07 Å². The van der Waals surface area contributed by atoms with Crippen LogP contribution in [0.25, 0.3) is 0 Å². The average Bonchev–Trinajstić information content (AvgIpc) is 2.85. The zero-order valence-corrected chi connectivity index (χ0v) is 9.78. The maximum Gasteiger partial charge on any atom is 0.126 e. The van der Waals surface area contributed by atoms with E-state index in [0.29, 0.717) is 6.42 Å². The standard InChI is InChI=1S/C13H16FN3/c1-10(13-7-9-16-17-13)15-8-6-11-4-2-3-5-12(11)14/h2-5,7,9-10,15H,6,8H2,1H3,(H,16,17). The molecule has 1 unspecified atom stereocenters. The van der Waals surface area contributed by atoms with Crippen molar-refractivity contribution < 1.29 is 4.39 Å². The predicted molar refractivity (Wildman–Crippen MR) is 65.1 cm³/mol. The van der Waals surface area contributed by atoms with E-state index in [2.05, 4.69) is 22.4 Å². The van der Waals surface area contributed by atoms with Gasteiger partial charge < -0.3 is 5.32 Å². The van der Waals surface area contributed by atoms with Crippen molar-refractivity contribution in [3.05, 3.63) is 53.6 Å². The van der Waals surface area contributed by atoms with Gasteiger partial charge in [-0.2, -0.15) is 5.10 Å². The van der Waals surface area contributed by atoms with Gasteiger partial charge in [0.15, 0.2) is 0 Å². The van der Waals surface area contributed by atoms with Crippen LogP contribution in [0.5, 0.6) is 0 Å². The van der Waals surface area contributed by atoms with E-state index < -0.39 is 0 Å². The maximum absolute atomic E-state index is 13.3. The summed E-state index contributed by atoms with van der Waals surface area (Å²) in [5.74, 6) is -0.136. The number of hydrogen-bond donors (Lipinski definition) is 2. The molecule has 0 saturated carbocycles. The van der Waals surface area contributed by atoms with Gasteiger partial charge in [0, 0.05) is 12.2 Å². The number of aromatic amines is 1. The summed E-state index contributed by atoms with van der Waals surface area (Å²) in [4.78, 5) is 0. The zero-order chi connectivity index (χ0) is 12.1. The molecule has 0 fully saturated rings. The van der Waals surface area contributed by atoms with E-state index >= 15 is 0 Å². The number of aromatic nitrogens is 2. The Balaban J connectivity index is 1.82. The molecule has 1 heterocycles. The summed E-state index contributed by atoms with van der Waals surface area (Å²) in [5, 5.41) is 10.1. The molecule has 90 valence electrons. The Hall–Kier alpha value is -1.68. The number of nitrogens with one attached hydrogen (secondary N) is 2. The van der Waals surface area contributed by atoms with Crippen molar-refractivity contribution in [1.82, 2.24) is 15.5 Å². The smallest absolute Gasteiger partial charge is 0.126 e. The van der Waals surface area contributed by atoms with Crippen molar-refractivity contribution in [2.45, 2.75) is 19.4 Å². The zero-order valence-electron chi connectivity index (χ0n) is 9.78. The highest BCUT2D eigenvalue weighted by Crippen LogP contribution is 2.09. The van der Waals surface area contributed by atoms with Gasteiger partial charge in [-0.3, -0.25) is 5.10 Å². The van der Waals surface area contributed by atoms with Gasteiger partial charge in [0.05, 0.1) is 5.69 Å². The summed E-state index contributed by atoms with van der Waals surface area (Å²) in [6.45, 7) is 2.79. The van der Waals surface area contributed by atoms with Crippen molar-refractivity contribution >= 4 is 0 Å². The summed E-state index contributed by atoms with van der Waals surface area (Å²) in [6.07, 6.45) is 2.41. The molecule has 0 spiro atoms. The minimum atomic E-state index is -0.136. The molecule has 3 nitrogen and oxygen atoms in total. The van der Waals surface area contributed by atoms with Crippen molar-refractivity contribution in [3.8, 4) is 0 Å². The second kappa shape index (κ2) is 5.59. The summed E-state index contributed by atoms with van der Waals surface area (Å²) in [7, 11) is 0. The summed E-state index contributed by atoms with van der Waals surface area (Å²) < 4.78 is 13.3. The Morgan fingerprint density at radius 3 is 2.88 bits per heavy atom. The van der Waals surface area contributed by atoms with E-state index in [1.807, 2.05) is 18.2 Å². The number of nitrogens with zero attached hydrogens (tertiary/aromatic N) is 1. The molecule has 1 aromatic carbocycles. The summed E-state index contributed by atoms with van der Waals surface area (Å²) in [5.41, 5.74) is 1.79. The van der Waals surface area contributed by atoms with Crippen molar-refractivity contribution in [3.63, 3.8) is 0 Å². The monoisotopic (exact) mass is 233 g/mol. The largest absolute Gasteiger partial charge is 0.309 e. The van der Waals surface area contributed by atoms with Crippen molar-refractivity contribution in [2.75, 3.05) is 6.54 Å². The van der Waals surface area contributed by atoms with Crippen LogP contribution in [-0.4, -0.2) is 16.7 Å². The molecule has 0 aliphatic carbocycles. The first-order valence-corrected chi connectivity index (χ1v) is 5.73. The molecule has 0 aliphatic rings. The van der Waals surface area contributed by atoms with Crippen LogP contribution in [0.4, 0.5) is 4.39 Å². The van der Waals surface area contributed by atoms with E-state index in [4.69, 9.17) is 0 Å². The van der Waals surface area contributed by atoms with Gasteiger partial charge in [0.2, 0.25) is 0 Å². The third kappa shape index (κ3) is 3.14. The highest BCUT2D eigenvalue weighted by molar-refractivity contribution is 5.17. The van der Waals surface area contributed by atoms with Crippen LogP contribution in [0.2, 0.25) is 0 Å². The highest BCUT2D eigenvalue weighted by Gasteiger charge is 2.06. The third-order valence-corrected chi connectivity index (χ3v) is 2.79. The number of halogens is 1. The maximum atomic E-state index is 13.3. The van der Waals surface area contributed by atoms with E-state index in [0.717, 1.165) is 17.8 Å². The molecule has 1 aromatic heterocycles. The SMILES string of the molecule is CC(NCCc1ccccc1F)c1ccn[nH]1. The normalized spacial score (nSPS) is 12.6. The van der Waals surface area contributed by atoms with Crippen molar-refractivity contribution in [1.29, 1.82) is 0 Å². The molecular formula is C13H16FN3. The molecule has 4 heteroatoms. The minimum absolute atomic E-state index is 0.136. The van der Waals surface area contributed by atoms with Crippen LogP contribution >= 0.6 is 0 Å². The van der Waals surface area contributed by atoms with Crippen LogP contribution < -0.4 is 5.32 Å². The number of hydrogen-bond acceptors (Lipinski definition) is 2. The molecule has 0 bridgehead atoms. The molecule has 2 aromatic rings. The minimum Gasteiger partial charge on any atom is -0.309 e. The van der Waals surface area contributed by atoms with Gasteiger partial charge in [0.1, 0.15) is 5.82 Å². The highest BCUT2D eigenvalue weighted by atomic mass is 19.1.